The normalized spacial score (nSPS) is 18.4. The van der Waals surface area contributed by atoms with Gasteiger partial charge in [0.2, 0.25) is 0 Å². The van der Waals surface area contributed by atoms with Gasteiger partial charge in [-0.1, -0.05) is 11.6 Å². The monoisotopic (exact) mass is 336 g/mol. The smallest absolute Gasteiger partial charge is 0.416 e. The molecule has 2 rings (SSSR count). The first-order valence-corrected chi connectivity index (χ1v) is 6.71. The molecule has 1 aliphatic heterocycles. The SMILES string of the molecule is O=C(O)C1CCN(C(=O)Nc2cc(Cl)cc(C(F)(F)F)c2)C1. The highest BCUT2D eigenvalue weighted by Gasteiger charge is 2.33. The predicted octanol–water partition coefficient (Wildman–Crippen LogP) is 3.30. The lowest BCUT2D eigenvalue weighted by Crippen LogP contribution is -2.33. The molecular weight excluding hydrogens is 325 g/mol. The van der Waals surface area contributed by atoms with Gasteiger partial charge in [-0.15, -0.1) is 0 Å². The number of hydrogen-bond acceptors (Lipinski definition) is 2. The summed E-state index contributed by atoms with van der Waals surface area (Å²) in [4.78, 5) is 24.0. The summed E-state index contributed by atoms with van der Waals surface area (Å²) >= 11 is 5.62. The summed E-state index contributed by atoms with van der Waals surface area (Å²) in [5.41, 5.74) is -1.07. The minimum absolute atomic E-state index is 0.0217. The maximum absolute atomic E-state index is 12.7. The Morgan fingerprint density at radius 3 is 2.55 bits per heavy atom. The summed E-state index contributed by atoms with van der Waals surface area (Å²) in [5.74, 6) is -1.66. The van der Waals surface area contributed by atoms with E-state index in [2.05, 4.69) is 5.32 Å². The zero-order chi connectivity index (χ0) is 16.5. The van der Waals surface area contributed by atoms with Gasteiger partial charge < -0.3 is 15.3 Å². The number of urea groups is 1. The highest BCUT2D eigenvalue weighted by Crippen LogP contribution is 2.33. The lowest BCUT2D eigenvalue weighted by atomic mass is 10.1. The first-order valence-electron chi connectivity index (χ1n) is 6.33. The van der Waals surface area contributed by atoms with Crippen LogP contribution >= 0.6 is 11.6 Å². The second kappa shape index (κ2) is 6.04. The number of aliphatic carboxylic acids is 1. The van der Waals surface area contributed by atoms with Crippen LogP contribution in [-0.4, -0.2) is 35.1 Å². The molecule has 1 unspecified atom stereocenters. The molecule has 0 spiro atoms. The van der Waals surface area contributed by atoms with Crippen LogP contribution in [0.5, 0.6) is 0 Å². The van der Waals surface area contributed by atoms with Gasteiger partial charge in [-0.2, -0.15) is 13.2 Å². The molecule has 0 radical (unpaired) electrons. The number of carboxylic acids is 1. The number of rotatable bonds is 2. The van der Waals surface area contributed by atoms with Crippen molar-refractivity contribution < 1.29 is 27.9 Å². The lowest BCUT2D eigenvalue weighted by Gasteiger charge is -2.17. The summed E-state index contributed by atoms with van der Waals surface area (Å²) in [6, 6.07) is 2.07. The Labute approximate surface area is 128 Å². The Hall–Kier alpha value is -1.96. The minimum Gasteiger partial charge on any atom is -0.481 e. The third kappa shape index (κ3) is 3.82. The van der Waals surface area contributed by atoms with Gasteiger partial charge in [0.15, 0.2) is 0 Å². The van der Waals surface area contributed by atoms with Crippen molar-refractivity contribution in [3.05, 3.63) is 28.8 Å². The van der Waals surface area contributed by atoms with Gasteiger partial charge >= 0.3 is 18.2 Å². The van der Waals surface area contributed by atoms with Gasteiger partial charge in [-0.05, 0) is 24.6 Å². The molecule has 2 amide bonds. The van der Waals surface area contributed by atoms with Crippen LogP contribution in [0.15, 0.2) is 18.2 Å². The lowest BCUT2D eigenvalue weighted by molar-refractivity contribution is -0.141. The molecule has 1 heterocycles. The number of nitrogens with zero attached hydrogens (tertiary/aromatic N) is 1. The molecule has 0 aliphatic carbocycles. The fourth-order valence-corrected chi connectivity index (χ4v) is 2.41. The van der Waals surface area contributed by atoms with Crippen molar-refractivity contribution in [1.82, 2.24) is 4.90 Å². The van der Waals surface area contributed by atoms with Crippen LogP contribution in [0.3, 0.4) is 0 Å². The van der Waals surface area contributed by atoms with Crippen LogP contribution in [-0.2, 0) is 11.0 Å². The number of halogens is 4. The van der Waals surface area contributed by atoms with E-state index in [0.29, 0.717) is 6.42 Å². The molecule has 0 saturated carbocycles. The quantitative estimate of drug-likeness (QED) is 0.870. The van der Waals surface area contributed by atoms with Crippen LogP contribution in [0.25, 0.3) is 0 Å². The number of carbonyl (C=O) groups is 2. The van der Waals surface area contributed by atoms with E-state index in [1.54, 1.807) is 0 Å². The first kappa shape index (κ1) is 16.4. The van der Waals surface area contributed by atoms with E-state index in [1.165, 1.54) is 11.0 Å². The number of benzene rings is 1. The average molecular weight is 337 g/mol. The Balaban J connectivity index is 2.09. The molecule has 0 aromatic heterocycles. The number of nitrogens with one attached hydrogen (secondary N) is 1. The molecular formula is C13H12ClF3N2O3. The van der Waals surface area contributed by atoms with E-state index >= 15 is 0 Å². The highest BCUT2D eigenvalue weighted by atomic mass is 35.5. The van der Waals surface area contributed by atoms with E-state index in [-0.39, 0.29) is 23.8 Å². The molecule has 9 heteroatoms. The zero-order valence-corrected chi connectivity index (χ0v) is 11.9. The Morgan fingerprint density at radius 1 is 1.32 bits per heavy atom. The third-order valence-corrected chi connectivity index (χ3v) is 3.52. The fraction of sp³-hybridized carbons (Fsp3) is 0.385. The van der Waals surface area contributed by atoms with Crippen LogP contribution in [0, 0.1) is 5.92 Å². The number of anilines is 1. The van der Waals surface area contributed by atoms with E-state index < -0.39 is 29.7 Å². The number of alkyl halides is 3. The van der Waals surface area contributed by atoms with E-state index in [1.807, 2.05) is 0 Å². The summed E-state index contributed by atoms with van der Waals surface area (Å²) in [6.45, 7) is 0.253. The van der Waals surface area contributed by atoms with Crippen LogP contribution in [0.1, 0.15) is 12.0 Å². The van der Waals surface area contributed by atoms with Crippen molar-refractivity contribution in [2.24, 2.45) is 5.92 Å². The topological polar surface area (TPSA) is 69.6 Å². The highest BCUT2D eigenvalue weighted by molar-refractivity contribution is 6.31. The molecule has 1 aromatic rings. The van der Waals surface area contributed by atoms with E-state index in [9.17, 15) is 22.8 Å². The van der Waals surface area contributed by atoms with Crippen molar-refractivity contribution in [3.8, 4) is 0 Å². The molecule has 1 fully saturated rings. The Kier molecular flexibility index (Phi) is 4.50. The average Bonchev–Trinajstić information content (AvgIpc) is 2.86. The first-order chi connectivity index (χ1) is 10.2. The number of amides is 2. The number of hydrogen-bond donors (Lipinski definition) is 2. The number of likely N-dealkylation sites (tertiary alicyclic amines) is 1. The largest absolute Gasteiger partial charge is 0.481 e. The van der Waals surface area contributed by atoms with Crippen LogP contribution in [0.2, 0.25) is 5.02 Å². The van der Waals surface area contributed by atoms with Gasteiger partial charge in [-0.3, -0.25) is 4.79 Å². The van der Waals surface area contributed by atoms with E-state index in [4.69, 9.17) is 16.7 Å². The number of carboxylic acid groups (broad SMARTS) is 1. The van der Waals surface area contributed by atoms with Gasteiger partial charge in [-0.25, -0.2) is 4.79 Å². The third-order valence-electron chi connectivity index (χ3n) is 3.30. The zero-order valence-electron chi connectivity index (χ0n) is 11.2. The molecule has 1 atom stereocenters. The molecule has 22 heavy (non-hydrogen) atoms. The summed E-state index contributed by atoms with van der Waals surface area (Å²) in [7, 11) is 0. The molecule has 1 saturated heterocycles. The Morgan fingerprint density at radius 2 is 2.00 bits per heavy atom. The van der Waals surface area contributed by atoms with E-state index in [0.717, 1.165) is 12.1 Å². The summed E-state index contributed by atoms with van der Waals surface area (Å²) < 4.78 is 38.0. The molecule has 120 valence electrons. The fourth-order valence-electron chi connectivity index (χ4n) is 2.17. The standard InChI is InChI=1S/C13H12ClF3N2O3/c14-9-3-8(13(15,16)17)4-10(5-9)18-12(22)19-2-1-7(6-19)11(20)21/h3-5,7H,1-2,6H2,(H,18,22)(H,20,21). The molecule has 1 aliphatic rings. The second-order valence-electron chi connectivity index (χ2n) is 4.93. The van der Waals surface area contributed by atoms with Gasteiger partial charge in [0.05, 0.1) is 11.5 Å². The van der Waals surface area contributed by atoms with Crippen molar-refractivity contribution in [1.29, 1.82) is 0 Å². The van der Waals surface area contributed by atoms with Crippen molar-refractivity contribution in [3.63, 3.8) is 0 Å². The summed E-state index contributed by atoms with van der Waals surface area (Å²) in [5, 5.41) is 11.0. The van der Waals surface area contributed by atoms with Crippen molar-refractivity contribution in [2.75, 3.05) is 18.4 Å². The molecule has 2 N–H and O–H groups in total. The van der Waals surface area contributed by atoms with Gasteiger partial charge in [0, 0.05) is 23.8 Å². The maximum atomic E-state index is 12.7. The molecule has 0 bridgehead atoms. The maximum Gasteiger partial charge on any atom is 0.416 e. The summed E-state index contributed by atoms with van der Waals surface area (Å²) in [6.07, 6.45) is -4.27. The van der Waals surface area contributed by atoms with Gasteiger partial charge in [0.1, 0.15) is 0 Å². The van der Waals surface area contributed by atoms with Crippen LogP contribution < -0.4 is 5.32 Å². The molecule has 5 nitrogen and oxygen atoms in total. The number of carbonyl (C=O) groups excluding carboxylic acids is 1. The molecule has 1 aromatic carbocycles. The van der Waals surface area contributed by atoms with Crippen LogP contribution in [0.4, 0.5) is 23.7 Å². The van der Waals surface area contributed by atoms with Crippen molar-refractivity contribution in [2.45, 2.75) is 12.6 Å². The minimum atomic E-state index is -4.58. The second-order valence-corrected chi connectivity index (χ2v) is 5.36. The Bertz CT molecular complexity index is 607. The van der Waals surface area contributed by atoms with Crippen molar-refractivity contribution >= 4 is 29.3 Å². The van der Waals surface area contributed by atoms with Gasteiger partial charge in [0.25, 0.3) is 0 Å². The predicted molar refractivity (Wildman–Crippen MR) is 72.8 cm³/mol.